The molecule has 5 heteroatoms. The molecule has 2 atom stereocenters. The molecule has 5 rings (SSSR count). The number of carbonyl (C=O) groups is 1. The number of nitrogens with zero attached hydrogens (tertiary/aromatic N) is 1. The first-order valence-electron chi connectivity index (χ1n) is 10.4. The van der Waals surface area contributed by atoms with Gasteiger partial charge in [0, 0.05) is 12.6 Å². The van der Waals surface area contributed by atoms with Crippen LogP contribution in [0.25, 0.3) is 0 Å². The van der Waals surface area contributed by atoms with Gasteiger partial charge in [0.1, 0.15) is 5.75 Å². The first-order valence-corrected chi connectivity index (χ1v) is 10.4. The van der Waals surface area contributed by atoms with Gasteiger partial charge in [-0.15, -0.1) is 0 Å². The van der Waals surface area contributed by atoms with Gasteiger partial charge < -0.3 is 20.1 Å². The molecular formula is C22H32N2O3. The first-order chi connectivity index (χ1) is 13.0. The molecule has 1 saturated heterocycles. The minimum Gasteiger partial charge on any atom is -0.478 e. The molecule has 27 heavy (non-hydrogen) atoms. The Labute approximate surface area is 162 Å². The third-order valence-corrected chi connectivity index (χ3v) is 6.51. The maximum absolute atomic E-state index is 13.4. The number of fused-ring (bicyclic) bond motifs is 5. The predicted octanol–water partition coefficient (Wildman–Crippen LogP) is 3.22. The molecule has 148 valence electrons. The highest BCUT2D eigenvalue weighted by molar-refractivity contribution is 5.85. The molecule has 1 aliphatic carbocycles. The van der Waals surface area contributed by atoms with Crippen molar-refractivity contribution in [3.63, 3.8) is 0 Å². The maximum atomic E-state index is 13.4. The molecule has 0 aromatic heterocycles. The molecule has 1 amide bonds. The molecule has 2 fully saturated rings. The molecule has 1 aromatic rings. The Kier molecular flexibility index (Phi) is 5.17. The summed E-state index contributed by atoms with van der Waals surface area (Å²) in [4.78, 5) is 15.3. The van der Waals surface area contributed by atoms with Crippen LogP contribution in [0.5, 0.6) is 5.75 Å². The monoisotopic (exact) mass is 372 g/mol. The molecule has 3 heterocycles. The molecule has 5 nitrogen and oxygen atoms in total. The zero-order valence-electron chi connectivity index (χ0n) is 16.5. The van der Waals surface area contributed by atoms with Crippen LogP contribution in [-0.4, -0.2) is 47.7 Å². The summed E-state index contributed by atoms with van der Waals surface area (Å²) in [6.45, 7) is 5.01. The Morgan fingerprint density at radius 1 is 1.11 bits per heavy atom. The van der Waals surface area contributed by atoms with Crippen LogP contribution in [0.2, 0.25) is 0 Å². The Hall–Kier alpha value is -1.59. The van der Waals surface area contributed by atoms with E-state index in [-0.39, 0.29) is 24.1 Å². The van der Waals surface area contributed by atoms with Crippen LogP contribution >= 0.6 is 0 Å². The molecule has 1 aromatic carbocycles. The normalized spacial score (nSPS) is 33.7. The number of para-hydroxylation sites is 1. The lowest BCUT2D eigenvalue weighted by Crippen LogP contribution is -2.61. The summed E-state index contributed by atoms with van der Waals surface area (Å²) in [5, 5.41) is 0. The first kappa shape index (κ1) is 18.8. The summed E-state index contributed by atoms with van der Waals surface area (Å²) in [6.07, 6.45) is 6.45. The highest BCUT2D eigenvalue weighted by atomic mass is 16.5. The van der Waals surface area contributed by atoms with E-state index in [1.165, 1.54) is 5.56 Å². The van der Waals surface area contributed by atoms with E-state index in [4.69, 9.17) is 15.2 Å². The fraction of sp³-hybridized carbons (Fsp3) is 0.682. The summed E-state index contributed by atoms with van der Waals surface area (Å²) in [6, 6.07) is 8.12. The van der Waals surface area contributed by atoms with Crippen LogP contribution in [0.15, 0.2) is 24.3 Å². The predicted molar refractivity (Wildman–Crippen MR) is 105 cm³/mol. The second-order valence-electron chi connectivity index (χ2n) is 8.83. The second kappa shape index (κ2) is 7.44. The number of carbonyl (C=O) groups excluding carboxylic acids is 1. The number of piperidine rings is 1. The van der Waals surface area contributed by atoms with E-state index in [0.717, 1.165) is 50.8 Å². The number of hydrogen-bond acceptors (Lipinski definition) is 4. The molecule has 4 aliphatic rings. The van der Waals surface area contributed by atoms with Gasteiger partial charge >= 0.3 is 0 Å². The van der Waals surface area contributed by atoms with E-state index in [9.17, 15) is 4.79 Å². The number of rotatable bonds is 0. The Bertz CT molecular complexity index is 682. The number of benzene rings is 1. The van der Waals surface area contributed by atoms with Crippen LogP contribution in [0.1, 0.15) is 63.9 Å². The zero-order chi connectivity index (χ0) is 19.0. The fourth-order valence-electron chi connectivity index (χ4n) is 4.90. The van der Waals surface area contributed by atoms with Crippen LogP contribution in [-0.2, 0) is 9.53 Å². The smallest absolute Gasteiger partial charge is 0.266 e. The molecule has 1 saturated carbocycles. The SMILES string of the molecule is CC1(C)Oc2ccccc2[C@H]2CC[C@H](CC2)OC[C@H]2[C@@H](N)CCCN2C1=O. The number of ether oxygens (including phenoxy) is 2. The molecule has 0 radical (unpaired) electrons. The van der Waals surface area contributed by atoms with Gasteiger partial charge in [-0.2, -0.15) is 0 Å². The van der Waals surface area contributed by atoms with E-state index in [0.29, 0.717) is 12.5 Å². The lowest BCUT2D eigenvalue weighted by atomic mass is 9.82. The van der Waals surface area contributed by atoms with Gasteiger partial charge in [0.2, 0.25) is 0 Å². The van der Waals surface area contributed by atoms with Gasteiger partial charge in [0.05, 0.1) is 18.8 Å². The topological polar surface area (TPSA) is 64.8 Å². The van der Waals surface area contributed by atoms with Crippen molar-refractivity contribution in [2.75, 3.05) is 13.2 Å². The Morgan fingerprint density at radius 3 is 2.63 bits per heavy atom. The standard InChI is InChI=1S/C22H32N2O3/c1-22(2)21(25)24-13-5-7-18(23)19(24)14-26-16-11-9-15(10-12-16)17-6-3-4-8-20(17)27-22/h3-4,6,8,15-16,18-19H,5,7,9-14,23H2,1-2H3/t15-,16+,18-,19-/m0/s1. The minimum absolute atomic E-state index is 0.00708. The summed E-state index contributed by atoms with van der Waals surface area (Å²) < 4.78 is 12.6. The van der Waals surface area contributed by atoms with Gasteiger partial charge in [-0.05, 0) is 69.9 Å². The van der Waals surface area contributed by atoms with Crippen LogP contribution in [0.3, 0.4) is 0 Å². The van der Waals surface area contributed by atoms with Crippen LogP contribution in [0.4, 0.5) is 0 Å². The number of amides is 1. The Morgan fingerprint density at radius 2 is 1.85 bits per heavy atom. The second-order valence-corrected chi connectivity index (χ2v) is 8.83. The van der Waals surface area contributed by atoms with Crippen molar-refractivity contribution in [2.24, 2.45) is 5.73 Å². The van der Waals surface area contributed by atoms with E-state index >= 15 is 0 Å². The quantitative estimate of drug-likeness (QED) is 0.759. The summed E-state index contributed by atoms with van der Waals surface area (Å²) in [5.74, 6) is 1.32. The average molecular weight is 373 g/mol. The van der Waals surface area contributed by atoms with Crippen molar-refractivity contribution in [1.82, 2.24) is 4.90 Å². The van der Waals surface area contributed by atoms with Crippen LogP contribution < -0.4 is 10.5 Å². The third kappa shape index (κ3) is 3.72. The van der Waals surface area contributed by atoms with Crippen molar-refractivity contribution < 1.29 is 14.3 Å². The lowest BCUT2D eigenvalue weighted by molar-refractivity contribution is -0.152. The molecule has 2 N–H and O–H groups in total. The maximum Gasteiger partial charge on any atom is 0.266 e. The summed E-state index contributed by atoms with van der Waals surface area (Å²) in [5.41, 5.74) is 6.70. The van der Waals surface area contributed by atoms with E-state index in [1.54, 1.807) is 0 Å². The van der Waals surface area contributed by atoms with E-state index < -0.39 is 5.60 Å². The third-order valence-electron chi connectivity index (χ3n) is 6.51. The molecule has 0 unspecified atom stereocenters. The van der Waals surface area contributed by atoms with E-state index in [1.807, 2.05) is 30.9 Å². The van der Waals surface area contributed by atoms with Gasteiger partial charge in [0.15, 0.2) is 5.60 Å². The zero-order valence-corrected chi connectivity index (χ0v) is 16.5. The molecule has 3 aliphatic heterocycles. The van der Waals surface area contributed by atoms with Gasteiger partial charge in [0.25, 0.3) is 5.91 Å². The summed E-state index contributed by atoms with van der Waals surface area (Å²) >= 11 is 0. The fourth-order valence-corrected chi connectivity index (χ4v) is 4.90. The summed E-state index contributed by atoms with van der Waals surface area (Å²) in [7, 11) is 0. The van der Waals surface area contributed by atoms with Gasteiger partial charge in [-0.1, -0.05) is 18.2 Å². The lowest BCUT2D eigenvalue weighted by Gasteiger charge is -2.43. The Balaban J connectivity index is 1.71. The van der Waals surface area contributed by atoms with Crippen molar-refractivity contribution in [1.29, 1.82) is 0 Å². The average Bonchev–Trinajstić information content (AvgIpc) is 2.67. The molecule has 2 bridgehead atoms. The van der Waals surface area contributed by atoms with Gasteiger partial charge in [-0.3, -0.25) is 4.79 Å². The highest BCUT2D eigenvalue weighted by Crippen LogP contribution is 2.40. The number of hydrogen-bond donors (Lipinski definition) is 1. The highest BCUT2D eigenvalue weighted by Gasteiger charge is 2.42. The van der Waals surface area contributed by atoms with Crippen molar-refractivity contribution in [3.8, 4) is 5.75 Å². The molecule has 0 spiro atoms. The van der Waals surface area contributed by atoms with Crippen LogP contribution in [0, 0.1) is 0 Å². The van der Waals surface area contributed by atoms with Crippen molar-refractivity contribution in [3.05, 3.63) is 29.8 Å². The van der Waals surface area contributed by atoms with Gasteiger partial charge in [-0.25, -0.2) is 0 Å². The number of nitrogens with two attached hydrogens (primary N) is 1. The largest absolute Gasteiger partial charge is 0.478 e. The van der Waals surface area contributed by atoms with Crippen molar-refractivity contribution in [2.45, 2.75) is 82.1 Å². The molecular weight excluding hydrogens is 340 g/mol. The van der Waals surface area contributed by atoms with E-state index in [2.05, 4.69) is 12.1 Å². The minimum atomic E-state index is -0.933. The van der Waals surface area contributed by atoms with Crippen molar-refractivity contribution >= 4 is 5.91 Å².